The van der Waals surface area contributed by atoms with Gasteiger partial charge >= 0.3 is 0 Å². The molecular weight excluding hydrogens is 864 g/mol. The largest absolute Gasteiger partial charge is 0.756 e. The maximum Gasteiger partial charge on any atom is 0.268 e. The number of quaternary nitrogens is 1. The van der Waals surface area contributed by atoms with Crippen molar-refractivity contribution in [1.82, 2.24) is 5.32 Å². The molecule has 1 amide bonds. The first-order chi connectivity index (χ1) is 33.0. The van der Waals surface area contributed by atoms with Crippen molar-refractivity contribution in [3.63, 3.8) is 0 Å². The van der Waals surface area contributed by atoms with Gasteiger partial charge in [-0.1, -0.05) is 228 Å². The lowest BCUT2D eigenvalue weighted by Crippen LogP contribution is -2.45. The lowest BCUT2D eigenvalue weighted by molar-refractivity contribution is -0.870. The summed E-state index contributed by atoms with van der Waals surface area (Å²) in [7, 11) is 1.23. The number of allylic oxidation sites excluding steroid dienone is 11. The number of carbonyl (C=O) groups excluding carboxylic acids is 1. The zero-order chi connectivity index (χ0) is 49.9. The van der Waals surface area contributed by atoms with Gasteiger partial charge in [0, 0.05) is 6.42 Å². The number of aliphatic hydroxyl groups is 1. The van der Waals surface area contributed by atoms with E-state index >= 15 is 0 Å². The molecule has 396 valence electrons. The third-order valence-electron chi connectivity index (χ3n) is 12.4. The minimum absolute atomic E-state index is 0.0108. The van der Waals surface area contributed by atoms with E-state index in [1.165, 1.54) is 167 Å². The van der Waals surface area contributed by atoms with E-state index < -0.39 is 26.6 Å². The fraction of sp³-hybridized carbons (Fsp3) is 0.780. The zero-order valence-electron chi connectivity index (χ0n) is 45.0. The second-order valence-corrected chi connectivity index (χ2v) is 21.7. The van der Waals surface area contributed by atoms with Gasteiger partial charge in [-0.05, 0) is 83.5 Å². The van der Waals surface area contributed by atoms with Crippen LogP contribution in [-0.2, 0) is 18.4 Å². The van der Waals surface area contributed by atoms with Gasteiger partial charge in [0.2, 0.25) is 5.91 Å². The summed E-state index contributed by atoms with van der Waals surface area (Å²) in [5.41, 5.74) is 0. The summed E-state index contributed by atoms with van der Waals surface area (Å²) >= 11 is 0. The molecule has 0 rings (SSSR count). The summed E-state index contributed by atoms with van der Waals surface area (Å²) in [5, 5.41) is 13.8. The highest BCUT2D eigenvalue weighted by Gasteiger charge is 2.23. The summed E-state index contributed by atoms with van der Waals surface area (Å²) in [4.78, 5) is 25.4. The van der Waals surface area contributed by atoms with Crippen LogP contribution in [0.2, 0.25) is 0 Å². The van der Waals surface area contributed by atoms with Gasteiger partial charge in [0.1, 0.15) is 13.2 Å². The van der Waals surface area contributed by atoms with Crippen LogP contribution in [0.3, 0.4) is 0 Å². The molecule has 0 bridgehead atoms. The molecule has 0 heterocycles. The van der Waals surface area contributed by atoms with Gasteiger partial charge in [-0.3, -0.25) is 9.36 Å². The van der Waals surface area contributed by atoms with E-state index in [-0.39, 0.29) is 12.5 Å². The third-order valence-corrected chi connectivity index (χ3v) is 13.3. The van der Waals surface area contributed by atoms with Crippen LogP contribution in [0, 0.1) is 0 Å². The Bertz CT molecular complexity index is 1330. The second-order valence-electron chi connectivity index (χ2n) is 20.3. The fourth-order valence-electron chi connectivity index (χ4n) is 7.90. The number of hydrogen-bond acceptors (Lipinski definition) is 6. The number of rotatable bonds is 51. The zero-order valence-corrected chi connectivity index (χ0v) is 45.9. The maximum absolute atomic E-state index is 12.9. The first-order valence-electron chi connectivity index (χ1n) is 28.3. The first-order valence-corrected chi connectivity index (χ1v) is 29.8. The molecule has 0 fully saturated rings. The Morgan fingerprint density at radius 3 is 1.29 bits per heavy atom. The molecule has 0 aliphatic heterocycles. The number of aliphatic hydroxyl groups excluding tert-OH is 1. The number of likely N-dealkylation sites (N-methyl/N-ethyl adjacent to an activating group) is 1. The van der Waals surface area contributed by atoms with Gasteiger partial charge in [-0.2, -0.15) is 0 Å². The number of phosphoric ester groups is 1. The van der Waals surface area contributed by atoms with E-state index in [0.717, 1.165) is 57.8 Å². The second kappa shape index (κ2) is 49.9. The van der Waals surface area contributed by atoms with Crippen molar-refractivity contribution in [3.05, 3.63) is 72.9 Å². The molecule has 3 atom stereocenters. The Morgan fingerprint density at radius 2 is 0.868 bits per heavy atom. The quantitative estimate of drug-likeness (QED) is 0.0272. The molecule has 3 unspecified atom stereocenters. The molecular formula is C59H109N2O6P. The minimum atomic E-state index is -4.61. The van der Waals surface area contributed by atoms with Crippen LogP contribution in [-0.4, -0.2) is 68.5 Å². The molecule has 68 heavy (non-hydrogen) atoms. The van der Waals surface area contributed by atoms with Crippen LogP contribution < -0.4 is 10.2 Å². The van der Waals surface area contributed by atoms with Crippen LogP contribution in [0.5, 0.6) is 0 Å². The molecule has 0 aliphatic rings. The molecule has 0 saturated heterocycles. The lowest BCUT2D eigenvalue weighted by atomic mass is 10.0. The third kappa shape index (κ3) is 51.8. The number of unbranched alkanes of at least 4 members (excludes halogenated alkanes) is 28. The molecule has 0 spiro atoms. The number of phosphoric acid groups is 1. The van der Waals surface area contributed by atoms with Crippen LogP contribution in [0.15, 0.2) is 72.9 Å². The Labute approximate surface area is 421 Å². The maximum atomic E-state index is 12.9. The summed E-state index contributed by atoms with van der Waals surface area (Å²) in [5.74, 6) is -0.212. The van der Waals surface area contributed by atoms with E-state index in [1.807, 2.05) is 27.2 Å². The normalized spacial score (nSPS) is 14.5. The highest BCUT2D eigenvalue weighted by atomic mass is 31.2. The van der Waals surface area contributed by atoms with Gasteiger partial charge < -0.3 is 28.8 Å². The van der Waals surface area contributed by atoms with E-state index in [1.54, 1.807) is 6.08 Å². The molecule has 2 N–H and O–H groups in total. The van der Waals surface area contributed by atoms with Crippen molar-refractivity contribution in [2.24, 2.45) is 0 Å². The molecule has 0 aromatic carbocycles. The molecule has 0 aromatic heterocycles. The van der Waals surface area contributed by atoms with Gasteiger partial charge in [0.25, 0.3) is 7.82 Å². The molecule has 0 radical (unpaired) electrons. The molecule has 0 aromatic rings. The summed E-state index contributed by atoms with van der Waals surface area (Å²) in [6.07, 6.45) is 68.4. The van der Waals surface area contributed by atoms with Crippen molar-refractivity contribution in [1.29, 1.82) is 0 Å². The van der Waals surface area contributed by atoms with Crippen molar-refractivity contribution in [2.45, 2.75) is 257 Å². The lowest BCUT2D eigenvalue weighted by Gasteiger charge is -2.29. The average molecular weight is 974 g/mol. The average Bonchev–Trinajstić information content (AvgIpc) is 3.30. The molecule has 9 heteroatoms. The SMILES string of the molecule is CCCCCCC/C=C\C/C=C\C/C=C\CCCCCCCCCCCCCCCCCCC(=O)NC(COP(=O)([O-])OCC[N+](C)(C)C)C(O)/C=C/CC/C=C/CC/C=C/CCCCCCC. The summed E-state index contributed by atoms with van der Waals surface area (Å²) < 4.78 is 23.3. The Kier molecular flexibility index (Phi) is 48.4. The van der Waals surface area contributed by atoms with Crippen molar-refractivity contribution in [3.8, 4) is 0 Å². The minimum Gasteiger partial charge on any atom is -0.756 e. The standard InChI is InChI=1S/C59H109N2O6P/c1-6-8-10-12-14-16-18-20-22-23-24-25-26-27-28-29-30-31-32-33-34-35-36-37-39-41-43-45-47-49-51-53-59(63)60-57(56-67-68(64,65)66-55-54-61(3,4)5)58(62)52-50-48-46-44-42-40-38-21-19-17-15-13-11-9-7-2/h18-21,23-24,26-27,42,44,50,52,57-58,62H,6-17,22,25,28-41,43,45-49,51,53-56H2,1-5H3,(H-,60,63,64,65)/b20-18-,21-19+,24-23-,27-26-,44-42+,52-50+. The Hall–Kier alpha value is -2.06. The molecule has 0 saturated carbocycles. The number of nitrogens with one attached hydrogen (secondary N) is 1. The molecule has 0 aliphatic carbocycles. The topological polar surface area (TPSA) is 108 Å². The van der Waals surface area contributed by atoms with Gasteiger partial charge in [-0.25, -0.2) is 0 Å². The number of nitrogens with zero attached hydrogens (tertiary/aromatic N) is 1. The number of amides is 1. The Balaban J connectivity index is 4.15. The van der Waals surface area contributed by atoms with Gasteiger partial charge in [0.05, 0.1) is 39.9 Å². The number of hydrogen-bond donors (Lipinski definition) is 2. The Morgan fingerprint density at radius 1 is 0.515 bits per heavy atom. The van der Waals surface area contributed by atoms with E-state index in [2.05, 4.69) is 79.9 Å². The van der Waals surface area contributed by atoms with Crippen LogP contribution in [0.25, 0.3) is 0 Å². The highest BCUT2D eigenvalue weighted by molar-refractivity contribution is 7.45. The summed E-state index contributed by atoms with van der Waals surface area (Å²) in [6, 6.07) is -0.912. The van der Waals surface area contributed by atoms with Crippen molar-refractivity contribution < 1.29 is 32.9 Å². The summed E-state index contributed by atoms with van der Waals surface area (Å²) in [6.45, 7) is 4.59. The van der Waals surface area contributed by atoms with E-state index in [0.29, 0.717) is 17.4 Å². The highest BCUT2D eigenvalue weighted by Crippen LogP contribution is 2.38. The van der Waals surface area contributed by atoms with Crippen LogP contribution >= 0.6 is 7.82 Å². The van der Waals surface area contributed by atoms with E-state index in [9.17, 15) is 19.4 Å². The first kappa shape index (κ1) is 65.9. The van der Waals surface area contributed by atoms with Crippen molar-refractivity contribution >= 4 is 13.7 Å². The van der Waals surface area contributed by atoms with Crippen molar-refractivity contribution in [2.75, 3.05) is 40.9 Å². The van der Waals surface area contributed by atoms with Crippen LogP contribution in [0.1, 0.15) is 245 Å². The smallest absolute Gasteiger partial charge is 0.268 e. The van der Waals surface area contributed by atoms with Gasteiger partial charge in [0.15, 0.2) is 0 Å². The number of carbonyl (C=O) groups is 1. The predicted molar refractivity (Wildman–Crippen MR) is 293 cm³/mol. The molecule has 8 nitrogen and oxygen atoms in total. The fourth-order valence-corrected chi connectivity index (χ4v) is 8.62. The monoisotopic (exact) mass is 973 g/mol. The van der Waals surface area contributed by atoms with E-state index in [4.69, 9.17) is 9.05 Å². The van der Waals surface area contributed by atoms with Gasteiger partial charge in [-0.15, -0.1) is 0 Å². The van der Waals surface area contributed by atoms with Crippen LogP contribution in [0.4, 0.5) is 0 Å². The predicted octanol–water partition coefficient (Wildman–Crippen LogP) is 16.5.